The molecule has 0 saturated heterocycles. The monoisotopic (exact) mass is 361 g/mol. The average molecular weight is 361 g/mol. The van der Waals surface area contributed by atoms with E-state index in [1.54, 1.807) is 13.1 Å². The second kappa shape index (κ2) is 7.19. The molecule has 0 spiro atoms. The molecule has 0 aliphatic rings. The lowest BCUT2D eigenvalue weighted by molar-refractivity contribution is 0.102. The Balaban J connectivity index is 1.73. The van der Waals surface area contributed by atoms with Gasteiger partial charge in [-0.3, -0.25) is 9.59 Å². The molecule has 0 fully saturated rings. The maximum Gasteiger partial charge on any atom is 0.266 e. The molecule has 138 valence electrons. The fourth-order valence-electron chi connectivity index (χ4n) is 2.71. The molecule has 0 atom stereocenters. The van der Waals surface area contributed by atoms with E-state index >= 15 is 0 Å². The van der Waals surface area contributed by atoms with Gasteiger partial charge in [-0.05, 0) is 41.3 Å². The molecule has 0 aliphatic heterocycles. The van der Waals surface area contributed by atoms with Crippen molar-refractivity contribution in [3.63, 3.8) is 0 Å². The van der Waals surface area contributed by atoms with Crippen molar-refractivity contribution in [3.05, 3.63) is 82.1 Å². The van der Waals surface area contributed by atoms with Crippen molar-refractivity contribution in [1.29, 1.82) is 0 Å². The van der Waals surface area contributed by atoms with Crippen LogP contribution in [-0.2, 0) is 12.5 Å². The van der Waals surface area contributed by atoms with Gasteiger partial charge in [0.15, 0.2) is 0 Å². The number of benzene rings is 2. The highest BCUT2D eigenvalue weighted by molar-refractivity contribution is 6.04. The average Bonchev–Trinajstić information content (AvgIpc) is 2.64. The van der Waals surface area contributed by atoms with E-state index in [1.807, 2.05) is 48.5 Å². The van der Waals surface area contributed by atoms with E-state index in [2.05, 4.69) is 31.2 Å². The Kier molecular flexibility index (Phi) is 4.95. The predicted octanol–water partition coefficient (Wildman–Crippen LogP) is 4.00. The summed E-state index contributed by atoms with van der Waals surface area (Å²) in [7, 11) is 1.62. The molecule has 5 nitrogen and oxygen atoms in total. The zero-order chi connectivity index (χ0) is 19.6. The van der Waals surface area contributed by atoms with Gasteiger partial charge in [-0.2, -0.15) is 5.10 Å². The number of nitrogens with one attached hydrogen (secondary N) is 1. The lowest BCUT2D eigenvalue weighted by Gasteiger charge is -2.19. The number of aromatic nitrogens is 2. The molecule has 1 N–H and O–H groups in total. The van der Waals surface area contributed by atoms with E-state index < -0.39 is 0 Å². The first kappa shape index (κ1) is 18.6. The Morgan fingerprint density at radius 1 is 0.926 bits per heavy atom. The molecule has 0 radical (unpaired) electrons. The highest BCUT2D eigenvalue weighted by atomic mass is 16.1. The number of hydrogen-bond acceptors (Lipinski definition) is 3. The van der Waals surface area contributed by atoms with Crippen molar-refractivity contribution in [2.24, 2.45) is 7.05 Å². The molecule has 0 aliphatic carbocycles. The predicted molar refractivity (Wildman–Crippen MR) is 108 cm³/mol. The first-order chi connectivity index (χ1) is 12.7. The quantitative estimate of drug-likeness (QED) is 0.767. The molecule has 27 heavy (non-hydrogen) atoms. The third-order valence-electron chi connectivity index (χ3n) is 4.41. The van der Waals surface area contributed by atoms with Crippen LogP contribution in [0.1, 0.15) is 36.7 Å². The second-order valence-electron chi connectivity index (χ2n) is 7.54. The van der Waals surface area contributed by atoms with Crippen LogP contribution in [0.15, 0.2) is 65.5 Å². The second-order valence-corrected chi connectivity index (χ2v) is 7.54. The van der Waals surface area contributed by atoms with Gasteiger partial charge < -0.3 is 5.32 Å². The lowest BCUT2D eigenvalue weighted by atomic mass is 9.87. The van der Waals surface area contributed by atoms with Gasteiger partial charge in [0.25, 0.3) is 11.5 Å². The first-order valence-electron chi connectivity index (χ1n) is 8.81. The van der Waals surface area contributed by atoms with Crippen LogP contribution >= 0.6 is 0 Å². The van der Waals surface area contributed by atoms with Crippen LogP contribution in [0, 0.1) is 0 Å². The number of carbonyl (C=O) groups is 1. The van der Waals surface area contributed by atoms with Gasteiger partial charge >= 0.3 is 0 Å². The van der Waals surface area contributed by atoms with Crippen molar-refractivity contribution in [2.45, 2.75) is 26.2 Å². The van der Waals surface area contributed by atoms with Gasteiger partial charge in [0.1, 0.15) is 0 Å². The number of amides is 1. The summed E-state index contributed by atoms with van der Waals surface area (Å²) in [5.41, 5.74) is 3.99. The van der Waals surface area contributed by atoms with E-state index in [0.717, 1.165) is 5.56 Å². The SMILES string of the molecule is Cn1nc(-c2ccc(NC(=O)c3ccc(C(C)(C)C)cc3)cc2)ccc1=O. The summed E-state index contributed by atoms with van der Waals surface area (Å²) < 4.78 is 1.30. The Morgan fingerprint density at radius 3 is 2.11 bits per heavy atom. The molecule has 3 rings (SSSR count). The van der Waals surface area contributed by atoms with E-state index in [-0.39, 0.29) is 16.9 Å². The van der Waals surface area contributed by atoms with Crippen LogP contribution in [0.2, 0.25) is 0 Å². The summed E-state index contributed by atoms with van der Waals surface area (Å²) in [6.45, 7) is 6.43. The molecule has 1 amide bonds. The fourth-order valence-corrected chi connectivity index (χ4v) is 2.71. The number of rotatable bonds is 3. The van der Waals surface area contributed by atoms with Crippen molar-refractivity contribution < 1.29 is 4.79 Å². The summed E-state index contributed by atoms with van der Waals surface area (Å²) in [6.07, 6.45) is 0. The van der Waals surface area contributed by atoms with Crippen LogP contribution < -0.4 is 10.9 Å². The molecule has 1 heterocycles. The number of aryl methyl sites for hydroxylation is 1. The number of carbonyl (C=O) groups excluding carboxylic acids is 1. The van der Waals surface area contributed by atoms with E-state index in [0.29, 0.717) is 16.9 Å². The van der Waals surface area contributed by atoms with E-state index in [9.17, 15) is 9.59 Å². The Bertz CT molecular complexity index is 1010. The summed E-state index contributed by atoms with van der Waals surface area (Å²) in [6, 6.07) is 18.2. The topological polar surface area (TPSA) is 64.0 Å². The molecular formula is C22H23N3O2. The minimum Gasteiger partial charge on any atom is -0.322 e. The van der Waals surface area contributed by atoms with Crippen LogP contribution in [0.3, 0.4) is 0 Å². The van der Waals surface area contributed by atoms with Crippen LogP contribution in [0.4, 0.5) is 5.69 Å². The third kappa shape index (κ3) is 4.31. The third-order valence-corrected chi connectivity index (χ3v) is 4.41. The van der Waals surface area contributed by atoms with Crippen LogP contribution in [0.25, 0.3) is 11.3 Å². The smallest absolute Gasteiger partial charge is 0.266 e. The number of hydrogen-bond donors (Lipinski definition) is 1. The minimum atomic E-state index is -0.153. The highest BCUT2D eigenvalue weighted by Gasteiger charge is 2.14. The van der Waals surface area contributed by atoms with Gasteiger partial charge in [-0.15, -0.1) is 0 Å². The molecule has 0 saturated carbocycles. The molecule has 0 unspecified atom stereocenters. The summed E-state index contributed by atoms with van der Waals surface area (Å²) in [5.74, 6) is -0.150. The van der Waals surface area contributed by atoms with Crippen LogP contribution in [0.5, 0.6) is 0 Å². The van der Waals surface area contributed by atoms with E-state index in [4.69, 9.17) is 0 Å². The van der Waals surface area contributed by atoms with Crippen molar-refractivity contribution in [3.8, 4) is 11.3 Å². The zero-order valence-corrected chi connectivity index (χ0v) is 16.0. The maximum absolute atomic E-state index is 12.5. The molecule has 3 aromatic rings. The molecular weight excluding hydrogens is 338 g/mol. The van der Waals surface area contributed by atoms with Gasteiger partial charge in [-0.25, -0.2) is 4.68 Å². The van der Waals surface area contributed by atoms with Crippen molar-refractivity contribution in [1.82, 2.24) is 9.78 Å². The number of nitrogens with zero attached hydrogens (tertiary/aromatic N) is 2. The Morgan fingerprint density at radius 2 is 1.56 bits per heavy atom. The maximum atomic E-state index is 12.5. The molecule has 2 aromatic carbocycles. The lowest BCUT2D eigenvalue weighted by Crippen LogP contribution is -2.18. The van der Waals surface area contributed by atoms with E-state index in [1.165, 1.54) is 16.3 Å². The largest absolute Gasteiger partial charge is 0.322 e. The van der Waals surface area contributed by atoms with Gasteiger partial charge in [0.2, 0.25) is 0 Å². The first-order valence-corrected chi connectivity index (χ1v) is 8.81. The normalized spacial score (nSPS) is 11.3. The fraction of sp³-hybridized carbons (Fsp3) is 0.227. The minimum absolute atomic E-state index is 0.0554. The van der Waals surface area contributed by atoms with Gasteiger partial charge in [0.05, 0.1) is 5.69 Å². The van der Waals surface area contributed by atoms with Crippen LogP contribution in [-0.4, -0.2) is 15.7 Å². The number of anilines is 1. The summed E-state index contributed by atoms with van der Waals surface area (Å²) in [4.78, 5) is 23.9. The summed E-state index contributed by atoms with van der Waals surface area (Å²) in [5, 5.41) is 7.13. The molecule has 1 aromatic heterocycles. The molecule has 0 bridgehead atoms. The van der Waals surface area contributed by atoms with Gasteiger partial charge in [0, 0.05) is 29.9 Å². The standard InChI is InChI=1S/C22H23N3O2/c1-22(2,3)17-9-5-16(6-10-17)21(27)23-18-11-7-15(8-12-18)19-13-14-20(26)25(4)24-19/h5-14H,1-4H3,(H,23,27). The zero-order valence-electron chi connectivity index (χ0n) is 16.0. The van der Waals surface area contributed by atoms with Gasteiger partial charge in [-0.1, -0.05) is 45.0 Å². The molecule has 5 heteroatoms. The summed E-state index contributed by atoms with van der Waals surface area (Å²) >= 11 is 0. The highest BCUT2D eigenvalue weighted by Crippen LogP contribution is 2.23. The van der Waals surface area contributed by atoms with Crippen molar-refractivity contribution in [2.75, 3.05) is 5.32 Å². The van der Waals surface area contributed by atoms with Crippen molar-refractivity contribution >= 4 is 11.6 Å². The Hall–Kier alpha value is -3.21. The Labute approximate surface area is 158 Å².